The molecule has 0 bridgehead atoms. The molecule has 0 fully saturated rings. The Morgan fingerprint density at radius 2 is 0.827 bits per heavy atom. The number of hydrogen-bond acceptors (Lipinski definition) is 3. The zero-order valence-electron chi connectivity index (χ0n) is 42.4. The van der Waals surface area contributed by atoms with Gasteiger partial charge in [0.15, 0.2) is 11.6 Å². The number of rotatable bonds is 12. The molecule has 1 unspecified atom stereocenters. The number of aromatic nitrogens is 5. The Labute approximate surface area is 438 Å². The molecule has 10 aromatic carbocycles. The van der Waals surface area contributed by atoms with Crippen molar-refractivity contribution in [2.75, 3.05) is 0 Å². The molecule has 360 valence electrons. The normalized spacial score (nSPS) is 12.1. The van der Waals surface area contributed by atoms with E-state index in [0.717, 1.165) is 83.7 Å². The van der Waals surface area contributed by atoms with Crippen LogP contribution in [0.25, 0.3) is 123 Å². The molecule has 0 radical (unpaired) electrons. The maximum absolute atomic E-state index is 5.45. The number of benzene rings is 10. The third kappa shape index (κ3) is 8.27. The van der Waals surface area contributed by atoms with Crippen molar-refractivity contribution in [1.29, 1.82) is 0 Å². The van der Waals surface area contributed by atoms with E-state index < -0.39 is 0 Å². The molecule has 0 N–H and O–H groups in total. The van der Waals surface area contributed by atoms with E-state index in [9.17, 15) is 0 Å². The van der Waals surface area contributed by atoms with E-state index in [2.05, 4.69) is 248 Å². The van der Waals surface area contributed by atoms with E-state index in [4.69, 9.17) is 15.0 Å². The summed E-state index contributed by atoms with van der Waals surface area (Å²) in [5.41, 5.74) is 17.9. The summed E-state index contributed by atoms with van der Waals surface area (Å²) in [4.78, 5) is 16.1. The van der Waals surface area contributed by atoms with Gasteiger partial charge in [0.05, 0.1) is 27.8 Å². The monoisotopic (exact) mass is 965 g/mol. The van der Waals surface area contributed by atoms with Gasteiger partial charge in [0.2, 0.25) is 5.95 Å². The van der Waals surface area contributed by atoms with Crippen molar-refractivity contribution < 1.29 is 0 Å². The molecule has 75 heavy (non-hydrogen) atoms. The molecular formula is C70H55N5. The van der Waals surface area contributed by atoms with E-state index in [-0.39, 0.29) is 0 Å². The topological polar surface area (TPSA) is 48.5 Å². The highest BCUT2D eigenvalue weighted by molar-refractivity contribution is 6.24. The lowest BCUT2D eigenvalue weighted by molar-refractivity contribution is 0.463. The number of hydrogen-bond donors (Lipinski definition) is 0. The molecule has 0 saturated carbocycles. The summed E-state index contributed by atoms with van der Waals surface area (Å²) in [7, 11) is 0. The van der Waals surface area contributed by atoms with Crippen molar-refractivity contribution in [2.24, 2.45) is 5.92 Å². The summed E-state index contributed by atoms with van der Waals surface area (Å²) in [6.45, 7) is 7.01. The van der Waals surface area contributed by atoms with Gasteiger partial charge in [0, 0.05) is 38.2 Å². The first-order valence-corrected chi connectivity index (χ1v) is 26.3. The van der Waals surface area contributed by atoms with Crippen LogP contribution < -0.4 is 0 Å². The van der Waals surface area contributed by atoms with Gasteiger partial charge in [-0.05, 0) is 99.2 Å². The third-order valence-electron chi connectivity index (χ3n) is 15.1. The molecule has 5 nitrogen and oxygen atoms in total. The Morgan fingerprint density at radius 3 is 1.45 bits per heavy atom. The zero-order chi connectivity index (χ0) is 50.4. The Bertz CT molecular complexity index is 4210. The minimum atomic E-state index is 0.496. The van der Waals surface area contributed by atoms with E-state index >= 15 is 0 Å². The molecule has 0 spiro atoms. The zero-order valence-corrected chi connectivity index (χ0v) is 42.4. The molecule has 0 amide bonds. The van der Waals surface area contributed by atoms with Crippen molar-refractivity contribution >= 4 is 43.6 Å². The van der Waals surface area contributed by atoms with Crippen LogP contribution in [0.1, 0.15) is 45.1 Å². The molecule has 0 aliphatic carbocycles. The van der Waals surface area contributed by atoms with Crippen LogP contribution in [0.3, 0.4) is 0 Å². The van der Waals surface area contributed by atoms with E-state index in [0.29, 0.717) is 29.4 Å². The standard InChI is InChI=1S/C70H55N5/c1-4-21-57(46(2)3)53-29-20-28-52(42-53)55-43-54(48-24-10-6-11-25-48)44-56(45-55)58-30-14-17-33-63(58)74-64-34-18-15-31-59(64)61-40-41-62-60-32-16-19-35-65(60)75(67(62)66(61)74)70-72-68(50-26-12-7-13-27-50)71-69(73-70)51-38-36-49(37-39-51)47-22-8-5-9-23-47/h5-20,22-46,57H,4,21H2,1-3H3. The second kappa shape index (κ2) is 19.3. The fourth-order valence-corrected chi connectivity index (χ4v) is 11.5. The Morgan fingerprint density at radius 1 is 0.360 bits per heavy atom. The summed E-state index contributed by atoms with van der Waals surface area (Å²) in [5.74, 6) is 2.81. The lowest BCUT2D eigenvalue weighted by Gasteiger charge is -2.22. The van der Waals surface area contributed by atoms with Gasteiger partial charge in [-0.15, -0.1) is 0 Å². The number of nitrogens with zero attached hydrogens (tertiary/aromatic N) is 5. The summed E-state index contributed by atoms with van der Waals surface area (Å²) in [6, 6.07) is 87.6. The molecule has 1 atom stereocenters. The Kier molecular flexibility index (Phi) is 11.8. The quantitative estimate of drug-likeness (QED) is 0.123. The van der Waals surface area contributed by atoms with Gasteiger partial charge in [0.1, 0.15) is 0 Å². The van der Waals surface area contributed by atoms with Gasteiger partial charge in [0.25, 0.3) is 0 Å². The van der Waals surface area contributed by atoms with Crippen molar-refractivity contribution in [3.05, 3.63) is 248 Å². The molecule has 0 saturated heterocycles. The van der Waals surface area contributed by atoms with E-state index in [1.54, 1.807) is 0 Å². The van der Waals surface area contributed by atoms with Crippen LogP contribution in [0.15, 0.2) is 243 Å². The summed E-state index contributed by atoms with van der Waals surface area (Å²) in [6.07, 6.45) is 2.32. The second-order valence-corrected chi connectivity index (χ2v) is 20.1. The molecule has 13 aromatic rings. The fourth-order valence-electron chi connectivity index (χ4n) is 11.5. The molecular weight excluding hydrogens is 911 g/mol. The molecule has 5 heteroatoms. The number of fused-ring (bicyclic) bond motifs is 7. The van der Waals surface area contributed by atoms with Gasteiger partial charge < -0.3 is 4.57 Å². The van der Waals surface area contributed by atoms with Crippen molar-refractivity contribution in [2.45, 2.75) is 39.5 Å². The minimum absolute atomic E-state index is 0.496. The smallest absolute Gasteiger partial charge is 0.238 e. The first-order chi connectivity index (χ1) is 37.0. The maximum Gasteiger partial charge on any atom is 0.238 e. The Balaban J connectivity index is 1.07. The highest BCUT2D eigenvalue weighted by Crippen LogP contribution is 2.44. The number of para-hydroxylation sites is 3. The summed E-state index contributed by atoms with van der Waals surface area (Å²) < 4.78 is 4.78. The first-order valence-electron chi connectivity index (χ1n) is 26.3. The third-order valence-corrected chi connectivity index (χ3v) is 15.1. The van der Waals surface area contributed by atoms with Crippen molar-refractivity contribution in [3.8, 4) is 78.9 Å². The average Bonchev–Trinajstić information content (AvgIpc) is 4.12. The second-order valence-electron chi connectivity index (χ2n) is 20.1. The van der Waals surface area contributed by atoms with Crippen LogP contribution in [0.5, 0.6) is 0 Å². The van der Waals surface area contributed by atoms with Crippen LogP contribution in [0.4, 0.5) is 0 Å². The largest absolute Gasteiger partial charge is 0.307 e. The van der Waals surface area contributed by atoms with Crippen LogP contribution >= 0.6 is 0 Å². The average molecular weight is 966 g/mol. The molecule has 3 heterocycles. The maximum atomic E-state index is 5.45. The van der Waals surface area contributed by atoms with Crippen LogP contribution in [-0.4, -0.2) is 24.1 Å². The van der Waals surface area contributed by atoms with Gasteiger partial charge in [-0.3, -0.25) is 4.57 Å². The molecule has 0 aliphatic heterocycles. The minimum Gasteiger partial charge on any atom is -0.307 e. The summed E-state index contributed by atoms with van der Waals surface area (Å²) in [5, 5.41) is 4.55. The molecule has 13 rings (SSSR count). The van der Waals surface area contributed by atoms with E-state index in [1.165, 1.54) is 39.6 Å². The lowest BCUT2D eigenvalue weighted by Crippen LogP contribution is -2.07. The summed E-state index contributed by atoms with van der Waals surface area (Å²) >= 11 is 0. The van der Waals surface area contributed by atoms with Gasteiger partial charge in [-0.25, -0.2) is 4.98 Å². The first kappa shape index (κ1) is 45.7. The highest BCUT2D eigenvalue weighted by atomic mass is 15.2. The SMILES string of the molecule is CCCC(c1cccc(-c2cc(-c3ccccc3)cc(-c3ccccc3-n3c4ccccc4c4ccc5c6ccccc6n(-c6nc(-c7ccccc7)nc(-c7ccc(-c8ccccc8)cc7)n6)c5c43)c2)c1)C(C)C. The van der Waals surface area contributed by atoms with Crippen LogP contribution in [0, 0.1) is 5.92 Å². The highest BCUT2D eigenvalue weighted by Gasteiger charge is 2.25. The van der Waals surface area contributed by atoms with Gasteiger partial charge in [-0.1, -0.05) is 233 Å². The fraction of sp³-hybridized carbons (Fsp3) is 0.100. The van der Waals surface area contributed by atoms with Crippen molar-refractivity contribution in [3.63, 3.8) is 0 Å². The van der Waals surface area contributed by atoms with E-state index in [1.807, 2.05) is 24.3 Å². The van der Waals surface area contributed by atoms with Crippen molar-refractivity contribution in [1.82, 2.24) is 24.1 Å². The Hall–Kier alpha value is -9.19. The van der Waals surface area contributed by atoms with Crippen LogP contribution in [0.2, 0.25) is 0 Å². The lowest BCUT2D eigenvalue weighted by atomic mass is 9.83. The predicted octanol–water partition coefficient (Wildman–Crippen LogP) is 18.6. The van der Waals surface area contributed by atoms with Crippen LogP contribution in [-0.2, 0) is 0 Å². The van der Waals surface area contributed by atoms with Gasteiger partial charge in [-0.2, -0.15) is 9.97 Å². The molecule has 0 aliphatic rings. The van der Waals surface area contributed by atoms with Gasteiger partial charge >= 0.3 is 0 Å². The predicted molar refractivity (Wildman–Crippen MR) is 314 cm³/mol. The molecule has 3 aromatic heterocycles.